The quantitative estimate of drug-likeness (QED) is 0.626. The molecule has 0 aliphatic rings. The molecule has 1 unspecified atom stereocenters. The summed E-state index contributed by atoms with van der Waals surface area (Å²) in [5.41, 5.74) is 3.21. The third kappa shape index (κ3) is 4.46. The number of alkyl halides is 3. The van der Waals surface area contributed by atoms with E-state index in [-0.39, 0.29) is 12.5 Å². The van der Waals surface area contributed by atoms with Gasteiger partial charge in [0.2, 0.25) is 0 Å². The Bertz CT molecular complexity index is 324. The van der Waals surface area contributed by atoms with Gasteiger partial charge in [-0.1, -0.05) is 0 Å². The number of aryl methyl sites for hydroxylation is 1. The predicted octanol–water partition coefficient (Wildman–Crippen LogP) is 2.69. The van der Waals surface area contributed by atoms with Crippen molar-refractivity contribution in [3.8, 4) is 0 Å². The van der Waals surface area contributed by atoms with Gasteiger partial charge in [-0.25, -0.2) is 4.98 Å². The number of hydrogen-bond donors (Lipinski definition) is 2. The van der Waals surface area contributed by atoms with Crippen LogP contribution in [0.1, 0.15) is 36.0 Å². The lowest BCUT2D eigenvalue weighted by atomic mass is 10.1. The summed E-state index contributed by atoms with van der Waals surface area (Å²) in [5.74, 6) is 5.30. The smallest absolute Gasteiger partial charge is 0.271 e. The van der Waals surface area contributed by atoms with Gasteiger partial charge >= 0.3 is 6.18 Å². The fourth-order valence-electron chi connectivity index (χ4n) is 1.36. The molecular formula is C9H14F3N3S. The van der Waals surface area contributed by atoms with Gasteiger partial charge in [-0.05, 0) is 19.8 Å². The van der Waals surface area contributed by atoms with E-state index in [0.717, 1.165) is 5.01 Å². The molecule has 1 aromatic heterocycles. The van der Waals surface area contributed by atoms with E-state index >= 15 is 0 Å². The van der Waals surface area contributed by atoms with E-state index in [0.29, 0.717) is 12.1 Å². The van der Waals surface area contributed by atoms with Crippen LogP contribution in [0.2, 0.25) is 0 Å². The highest BCUT2D eigenvalue weighted by molar-refractivity contribution is 7.09. The van der Waals surface area contributed by atoms with Crippen molar-refractivity contribution in [2.75, 3.05) is 0 Å². The van der Waals surface area contributed by atoms with Crippen LogP contribution in [0.25, 0.3) is 0 Å². The SMILES string of the molecule is Cc1nc(C(CCCC(F)(F)F)NN)cs1. The van der Waals surface area contributed by atoms with Crippen LogP contribution in [0.15, 0.2) is 5.38 Å². The number of nitrogens with zero attached hydrogens (tertiary/aromatic N) is 1. The van der Waals surface area contributed by atoms with Crippen molar-refractivity contribution >= 4 is 11.3 Å². The fraction of sp³-hybridized carbons (Fsp3) is 0.667. The molecule has 16 heavy (non-hydrogen) atoms. The summed E-state index contributed by atoms with van der Waals surface area (Å²) in [5, 5.41) is 2.69. The first-order valence-corrected chi connectivity index (χ1v) is 5.75. The van der Waals surface area contributed by atoms with Gasteiger partial charge in [0.1, 0.15) is 0 Å². The lowest BCUT2D eigenvalue weighted by Crippen LogP contribution is -2.28. The first kappa shape index (κ1) is 13.4. The zero-order chi connectivity index (χ0) is 12.2. The van der Waals surface area contributed by atoms with Crippen molar-refractivity contribution < 1.29 is 13.2 Å². The van der Waals surface area contributed by atoms with Crippen LogP contribution in [0.5, 0.6) is 0 Å². The third-order valence-corrected chi connectivity index (χ3v) is 2.94. The minimum atomic E-state index is -4.10. The molecule has 0 saturated carbocycles. The number of nitrogens with two attached hydrogens (primary N) is 1. The number of rotatable bonds is 5. The van der Waals surface area contributed by atoms with Gasteiger partial charge < -0.3 is 0 Å². The number of hydrazine groups is 1. The maximum Gasteiger partial charge on any atom is 0.389 e. The van der Waals surface area contributed by atoms with E-state index in [1.54, 1.807) is 0 Å². The monoisotopic (exact) mass is 253 g/mol. The first-order valence-electron chi connectivity index (χ1n) is 4.87. The van der Waals surface area contributed by atoms with Crippen molar-refractivity contribution in [1.29, 1.82) is 0 Å². The molecule has 0 spiro atoms. The molecule has 0 aliphatic heterocycles. The zero-order valence-electron chi connectivity index (χ0n) is 8.84. The average Bonchev–Trinajstić information content (AvgIpc) is 2.58. The number of aromatic nitrogens is 1. The van der Waals surface area contributed by atoms with Crippen molar-refractivity contribution in [2.45, 2.75) is 38.4 Å². The van der Waals surface area contributed by atoms with Crippen LogP contribution in [-0.2, 0) is 0 Å². The van der Waals surface area contributed by atoms with Crippen LogP contribution < -0.4 is 11.3 Å². The Morgan fingerprint density at radius 1 is 1.56 bits per heavy atom. The van der Waals surface area contributed by atoms with Crippen LogP contribution in [0.3, 0.4) is 0 Å². The van der Waals surface area contributed by atoms with E-state index in [1.807, 2.05) is 12.3 Å². The second-order valence-corrected chi connectivity index (χ2v) is 4.58. The van der Waals surface area contributed by atoms with E-state index in [1.165, 1.54) is 11.3 Å². The molecule has 0 aromatic carbocycles. The molecule has 92 valence electrons. The standard InChI is InChI=1S/C9H14F3N3S/c1-6-14-8(5-16-6)7(15-13)3-2-4-9(10,11)12/h5,7,15H,2-4,13H2,1H3. The minimum Gasteiger partial charge on any atom is -0.271 e. The molecule has 0 radical (unpaired) electrons. The molecule has 7 heteroatoms. The molecule has 1 rings (SSSR count). The lowest BCUT2D eigenvalue weighted by Gasteiger charge is -2.14. The maximum absolute atomic E-state index is 12.0. The normalized spacial score (nSPS) is 14.1. The summed E-state index contributed by atoms with van der Waals surface area (Å²) in [4.78, 5) is 4.19. The van der Waals surface area contributed by atoms with Crippen LogP contribution in [0.4, 0.5) is 13.2 Å². The second-order valence-electron chi connectivity index (χ2n) is 3.52. The highest BCUT2D eigenvalue weighted by Crippen LogP contribution is 2.26. The number of halogens is 3. The van der Waals surface area contributed by atoms with Crippen LogP contribution in [-0.4, -0.2) is 11.2 Å². The Morgan fingerprint density at radius 2 is 2.25 bits per heavy atom. The summed E-state index contributed by atoms with van der Waals surface area (Å²) in [6, 6.07) is -0.299. The van der Waals surface area contributed by atoms with Crippen molar-refractivity contribution in [3.05, 3.63) is 16.1 Å². The van der Waals surface area contributed by atoms with Crippen molar-refractivity contribution in [1.82, 2.24) is 10.4 Å². The predicted molar refractivity (Wildman–Crippen MR) is 56.8 cm³/mol. The highest BCUT2D eigenvalue weighted by atomic mass is 32.1. The largest absolute Gasteiger partial charge is 0.389 e. The van der Waals surface area contributed by atoms with Crippen molar-refractivity contribution in [2.24, 2.45) is 5.84 Å². The summed E-state index contributed by atoms with van der Waals surface area (Å²) in [7, 11) is 0. The number of nitrogens with one attached hydrogen (secondary N) is 1. The molecule has 0 fully saturated rings. The number of hydrogen-bond acceptors (Lipinski definition) is 4. The third-order valence-electron chi connectivity index (χ3n) is 2.15. The molecule has 0 bridgehead atoms. The highest BCUT2D eigenvalue weighted by Gasteiger charge is 2.27. The molecule has 1 aromatic rings. The summed E-state index contributed by atoms with van der Waals surface area (Å²) < 4.78 is 35.9. The number of thiazole rings is 1. The van der Waals surface area contributed by atoms with E-state index in [9.17, 15) is 13.2 Å². The zero-order valence-corrected chi connectivity index (χ0v) is 9.66. The van der Waals surface area contributed by atoms with Gasteiger partial charge in [-0.15, -0.1) is 11.3 Å². The van der Waals surface area contributed by atoms with E-state index < -0.39 is 12.6 Å². The molecule has 3 N–H and O–H groups in total. The summed E-state index contributed by atoms with van der Waals surface area (Å²) in [6.07, 6.45) is -4.50. The first-order chi connectivity index (χ1) is 7.42. The molecule has 0 aliphatic carbocycles. The van der Waals surface area contributed by atoms with E-state index in [2.05, 4.69) is 10.4 Å². The van der Waals surface area contributed by atoms with Crippen LogP contribution >= 0.6 is 11.3 Å². The Morgan fingerprint density at radius 3 is 2.69 bits per heavy atom. The molecule has 0 saturated heterocycles. The Labute approximate surface area is 95.8 Å². The fourth-order valence-corrected chi connectivity index (χ4v) is 2.03. The van der Waals surface area contributed by atoms with E-state index in [4.69, 9.17) is 5.84 Å². The Kier molecular flexibility index (Phi) is 4.69. The van der Waals surface area contributed by atoms with Gasteiger partial charge in [0.05, 0.1) is 16.7 Å². The molecule has 0 amide bonds. The maximum atomic E-state index is 12.0. The molecule has 1 atom stereocenters. The average molecular weight is 253 g/mol. The van der Waals surface area contributed by atoms with Gasteiger partial charge in [-0.3, -0.25) is 11.3 Å². The molecule has 3 nitrogen and oxygen atoms in total. The molecule has 1 heterocycles. The van der Waals surface area contributed by atoms with Gasteiger partial charge in [0.25, 0.3) is 0 Å². The minimum absolute atomic E-state index is 0.0505. The Hall–Kier alpha value is -0.660. The van der Waals surface area contributed by atoms with Crippen molar-refractivity contribution in [3.63, 3.8) is 0 Å². The summed E-state index contributed by atoms with van der Waals surface area (Å²) >= 11 is 1.46. The topological polar surface area (TPSA) is 50.9 Å². The van der Waals surface area contributed by atoms with Gasteiger partial charge in [0.15, 0.2) is 0 Å². The summed E-state index contributed by atoms with van der Waals surface area (Å²) in [6.45, 7) is 1.84. The molecular weight excluding hydrogens is 239 g/mol. The van der Waals surface area contributed by atoms with Crippen LogP contribution in [0, 0.1) is 6.92 Å². The Balaban J connectivity index is 2.44. The van der Waals surface area contributed by atoms with Gasteiger partial charge in [-0.2, -0.15) is 13.2 Å². The van der Waals surface area contributed by atoms with Gasteiger partial charge in [0, 0.05) is 11.8 Å². The second kappa shape index (κ2) is 5.60. The lowest BCUT2D eigenvalue weighted by molar-refractivity contribution is -0.135.